The van der Waals surface area contributed by atoms with Crippen LogP contribution in [0.2, 0.25) is 0 Å². The molecule has 2 aliphatic heterocycles. The summed E-state index contributed by atoms with van der Waals surface area (Å²) in [4.78, 5) is 37.1. The number of likely N-dealkylation sites (tertiary alicyclic amines) is 1. The van der Waals surface area contributed by atoms with Crippen LogP contribution < -0.4 is 15.8 Å². The van der Waals surface area contributed by atoms with Crippen molar-refractivity contribution in [1.29, 1.82) is 0 Å². The maximum Gasteiger partial charge on any atom is 0.234 e. The van der Waals surface area contributed by atoms with E-state index >= 15 is 0 Å². The molecule has 0 radical (unpaired) electrons. The van der Waals surface area contributed by atoms with E-state index in [2.05, 4.69) is 5.32 Å². The maximum absolute atomic E-state index is 12.2. The summed E-state index contributed by atoms with van der Waals surface area (Å²) in [5, 5.41) is 2.37. The molecule has 0 saturated carbocycles. The Balaban J connectivity index is 1.42. The van der Waals surface area contributed by atoms with E-state index in [0.717, 1.165) is 31.4 Å². The van der Waals surface area contributed by atoms with Crippen LogP contribution in [0.15, 0.2) is 24.3 Å². The van der Waals surface area contributed by atoms with Gasteiger partial charge in [-0.25, -0.2) is 0 Å². The minimum Gasteiger partial charge on any atom is -0.494 e. The number of benzene rings is 1. The number of hydrogen-bond acceptors (Lipinski definition) is 5. The second-order valence-corrected chi connectivity index (χ2v) is 7.18. The van der Waals surface area contributed by atoms with Crippen LogP contribution in [-0.2, 0) is 14.4 Å². The standard InChI is InChI=1S/C20H27N3O4/c21-17-4-1-2-12-23(17)19(25)5-3-13-27-15-8-6-14(7-9-15)16-10-11-18(24)22-20(16)26/h6-9,16-17H,1-5,10-13,21H2,(H,22,24,26). The molecule has 3 rings (SSSR count). The molecule has 3 amide bonds. The van der Waals surface area contributed by atoms with Gasteiger partial charge in [-0.05, 0) is 49.8 Å². The fourth-order valence-corrected chi connectivity index (χ4v) is 3.63. The van der Waals surface area contributed by atoms with E-state index in [9.17, 15) is 14.4 Å². The van der Waals surface area contributed by atoms with E-state index < -0.39 is 0 Å². The van der Waals surface area contributed by atoms with Crippen LogP contribution in [0, 0.1) is 0 Å². The molecule has 7 heteroatoms. The molecule has 7 nitrogen and oxygen atoms in total. The van der Waals surface area contributed by atoms with Gasteiger partial charge in [0.2, 0.25) is 17.7 Å². The van der Waals surface area contributed by atoms with E-state index in [0.29, 0.717) is 38.0 Å². The summed E-state index contributed by atoms with van der Waals surface area (Å²) in [5.74, 6) is 0.0564. The van der Waals surface area contributed by atoms with E-state index in [1.807, 2.05) is 24.3 Å². The first kappa shape index (κ1) is 19.4. The first-order valence-electron chi connectivity index (χ1n) is 9.66. The van der Waals surface area contributed by atoms with Crippen LogP contribution in [-0.4, -0.2) is 41.9 Å². The van der Waals surface area contributed by atoms with Crippen molar-refractivity contribution in [1.82, 2.24) is 10.2 Å². The molecule has 2 fully saturated rings. The number of nitrogens with two attached hydrogens (primary N) is 1. The number of rotatable bonds is 6. The zero-order chi connectivity index (χ0) is 19.2. The van der Waals surface area contributed by atoms with E-state index in [1.165, 1.54) is 0 Å². The number of imide groups is 1. The number of nitrogens with one attached hydrogen (secondary N) is 1. The monoisotopic (exact) mass is 373 g/mol. The SMILES string of the molecule is NC1CCCCN1C(=O)CCCOc1ccc(C2CCC(=O)NC2=O)cc1. The minimum atomic E-state index is -0.289. The molecule has 2 saturated heterocycles. The summed E-state index contributed by atoms with van der Waals surface area (Å²) in [6.07, 6.45) is 4.81. The number of ether oxygens (including phenoxy) is 1. The van der Waals surface area contributed by atoms with Crippen molar-refractivity contribution in [2.24, 2.45) is 5.73 Å². The average molecular weight is 373 g/mol. The first-order valence-corrected chi connectivity index (χ1v) is 9.66. The van der Waals surface area contributed by atoms with Crippen molar-refractivity contribution in [2.75, 3.05) is 13.2 Å². The molecule has 1 aromatic rings. The fourth-order valence-electron chi connectivity index (χ4n) is 3.63. The van der Waals surface area contributed by atoms with Crippen LogP contribution in [0.3, 0.4) is 0 Å². The van der Waals surface area contributed by atoms with Crippen LogP contribution in [0.1, 0.15) is 56.4 Å². The van der Waals surface area contributed by atoms with Gasteiger partial charge in [-0.2, -0.15) is 0 Å². The van der Waals surface area contributed by atoms with E-state index in [-0.39, 0.29) is 29.8 Å². The van der Waals surface area contributed by atoms with Crippen molar-refractivity contribution in [2.45, 2.75) is 57.0 Å². The average Bonchev–Trinajstić information content (AvgIpc) is 2.66. The summed E-state index contributed by atoms with van der Waals surface area (Å²) < 4.78 is 5.70. The molecule has 0 aliphatic carbocycles. The normalized spacial score (nSPS) is 23.1. The lowest BCUT2D eigenvalue weighted by molar-refractivity contribution is -0.135. The van der Waals surface area contributed by atoms with E-state index in [1.54, 1.807) is 4.90 Å². The molecule has 2 unspecified atom stereocenters. The summed E-state index contributed by atoms with van der Waals surface area (Å²) in [5.41, 5.74) is 6.87. The van der Waals surface area contributed by atoms with Crippen molar-refractivity contribution >= 4 is 17.7 Å². The van der Waals surface area contributed by atoms with E-state index in [4.69, 9.17) is 10.5 Å². The lowest BCUT2D eigenvalue weighted by Gasteiger charge is -2.33. The van der Waals surface area contributed by atoms with Gasteiger partial charge in [0, 0.05) is 19.4 Å². The highest BCUT2D eigenvalue weighted by atomic mass is 16.5. The highest BCUT2D eigenvalue weighted by Gasteiger charge is 2.27. The Morgan fingerprint density at radius 2 is 1.96 bits per heavy atom. The van der Waals surface area contributed by atoms with Gasteiger partial charge in [0.1, 0.15) is 5.75 Å². The molecular weight excluding hydrogens is 346 g/mol. The molecule has 0 aromatic heterocycles. The van der Waals surface area contributed by atoms with Gasteiger partial charge >= 0.3 is 0 Å². The number of hydrogen-bond donors (Lipinski definition) is 2. The summed E-state index contributed by atoms with van der Waals surface area (Å²) in [6.45, 7) is 1.20. The topological polar surface area (TPSA) is 102 Å². The molecule has 27 heavy (non-hydrogen) atoms. The molecule has 3 N–H and O–H groups in total. The number of amides is 3. The lowest BCUT2D eigenvalue weighted by atomic mass is 9.90. The second kappa shape index (κ2) is 8.99. The third-order valence-electron chi connectivity index (χ3n) is 5.19. The predicted molar refractivity (Wildman–Crippen MR) is 99.8 cm³/mol. The van der Waals surface area contributed by atoms with Gasteiger partial charge in [-0.15, -0.1) is 0 Å². The first-order chi connectivity index (χ1) is 13.0. The number of nitrogens with zero attached hydrogens (tertiary/aromatic N) is 1. The Hall–Kier alpha value is -2.41. The smallest absolute Gasteiger partial charge is 0.234 e. The van der Waals surface area contributed by atoms with Crippen LogP contribution in [0.4, 0.5) is 0 Å². The van der Waals surface area contributed by atoms with Crippen LogP contribution in [0.5, 0.6) is 5.75 Å². The zero-order valence-corrected chi connectivity index (χ0v) is 15.5. The zero-order valence-electron chi connectivity index (χ0n) is 15.5. The molecule has 2 heterocycles. The summed E-state index contributed by atoms with van der Waals surface area (Å²) >= 11 is 0. The van der Waals surface area contributed by atoms with Gasteiger partial charge in [0.25, 0.3) is 0 Å². The molecule has 0 bridgehead atoms. The van der Waals surface area contributed by atoms with Gasteiger partial charge in [-0.1, -0.05) is 12.1 Å². The third-order valence-corrected chi connectivity index (χ3v) is 5.19. The van der Waals surface area contributed by atoms with Gasteiger partial charge in [-0.3, -0.25) is 19.7 Å². The Kier molecular flexibility index (Phi) is 6.45. The van der Waals surface area contributed by atoms with Gasteiger partial charge in [0.05, 0.1) is 18.7 Å². The van der Waals surface area contributed by atoms with Crippen molar-refractivity contribution < 1.29 is 19.1 Å². The summed E-state index contributed by atoms with van der Waals surface area (Å²) in [6, 6.07) is 7.35. The minimum absolute atomic E-state index is 0.0963. The highest BCUT2D eigenvalue weighted by molar-refractivity contribution is 6.00. The van der Waals surface area contributed by atoms with Crippen molar-refractivity contribution in [3.05, 3.63) is 29.8 Å². The third kappa shape index (κ3) is 5.07. The fraction of sp³-hybridized carbons (Fsp3) is 0.550. The quantitative estimate of drug-likeness (QED) is 0.583. The number of carbonyl (C=O) groups is 3. The molecule has 2 atom stereocenters. The molecule has 0 spiro atoms. The number of carbonyl (C=O) groups excluding carboxylic acids is 3. The molecule has 2 aliphatic rings. The lowest BCUT2D eigenvalue weighted by Crippen LogP contribution is -2.48. The Bertz CT molecular complexity index is 689. The van der Waals surface area contributed by atoms with Gasteiger partial charge < -0.3 is 15.4 Å². The Morgan fingerprint density at radius 1 is 1.19 bits per heavy atom. The van der Waals surface area contributed by atoms with Crippen LogP contribution in [0.25, 0.3) is 0 Å². The number of piperidine rings is 2. The summed E-state index contributed by atoms with van der Waals surface area (Å²) in [7, 11) is 0. The van der Waals surface area contributed by atoms with Crippen molar-refractivity contribution in [3.8, 4) is 5.75 Å². The predicted octanol–water partition coefficient (Wildman–Crippen LogP) is 1.66. The maximum atomic E-state index is 12.2. The van der Waals surface area contributed by atoms with Crippen molar-refractivity contribution in [3.63, 3.8) is 0 Å². The second-order valence-electron chi connectivity index (χ2n) is 7.18. The largest absolute Gasteiger partial charge is 0.494 e. The van der Waals surface area contributed by atoms with Crippen LogP contribution >= 0.6 is 0 Å². The highest BCUT2D eigenvalue weighted by Crippen LogP contribution is 2.26. The van der Waals surface area contributed by atoms with Gasteiger partial charge in [0.15, 0.2) is 0 Å². The Labute approximate surface area is 159 Å². The molecular formula is C20H27N3O4. The molecule has 1 aromatic carbocycles. The molecule has 146 valence electrons. The Morgan fingerprint density at radius 3 is 2.67 bits per heavy atom.